The summed E-state index contributed by atoms with van der Waals surface area (Å²) in [5.74, 6) is -0.199. The fraction of sp³-hybridized carbons (Fsp3) is 0.0870. The fourth-order valence-corrected chi connectivity index (χ4v) is 4.81. The van der Waals surface area contributed by atoms with Crippen molar-refractivity contribution in [1.82, 2.24) is 13.9 Å². The van der Waals surface area contributed by atoms with Crippen LogP contribution >= 0.6 is 23.2 Å². The zero-order chi connectivity index (χ0) is 24.6. The summed E-state index contributed by atoms with van der Waals surface area (Å²) in [6, 6.07) is 14.1. The van der Waals surface area contributed by atoms with Crippen LogP contribution in [0, 0.1) is 0 Å². The molecular formula is C23H18Cl2N4O4S. The Kier molecular flexibility index (Phi) is 6.46. The highest BCUT2D eigenvalue weighted by Crippen LogP contribution is 2.30. The van der Waals surface area contributed by atoms with E-state index in [4.69, 9.17) is 23.2 Å². The van der Waals surface area contributed by atoms with Gasteiger partial charge in [-0.05, 0) is 36.4 Å². The van der Waals surface area contributed by atoms with Gasteiger partial charge in [0.1, 0.15) is 10.7 Å². The Balaban J connectivity index is 1.91. The van der Waals surface area contributed by atoms with Crippen LogP contribution in [0.4, 0.5) is 5.69 Å². The van der Waals surface area contributed by atoms with E-state index < -0.39 is 15.6 Å². The molecule has 174 valence electrons. The van der Waals surface area contributed by atoms with Crippen LogP contribution < -0.4 is 5.56 Å². The summed E-state index contributed by atoms with van der Waals surface area (Å²) in [6.07, 6.45) is 2.73. The fourth-order valence-electron chi connectivity index (χ4n) is 3.31. The number of hydrogen-bond acceptors (Lipinski definition) is 6. The molecule has 0 fully saturated rings. The van der Waals surface area contributed by atoms with E-state index in [9.17, 15) is 18.3 Å². The third-order valence-corrected chi connectivity index (χ3v) is 7.58. The smallest absolute Gasteiger partial charge is 0.267 e. The largest absolute Gasteiger partial charge is 0.494 e. The highest BCUT2D eigenvalue weighted by molar-refractivity contribution is 7.89. The van der Waals surface area contributed by atoms with Gasteiger partial charge in [-0.1, -0.05) is 41.4 Å². The number of nitrogens with zero attached hydrogens (tertiary/aromatic N) is 4. The second-order valence-electron chi connectivity index (χ2n) is 7.42. The van der Waals surface area contributed by atoms with E-state index in [0.717, 1.165) is 8.87 Å². The van der Waals surface area contributed by atoms with E-state index in [1.54, 1.807) is 36.4 Å². The van der Waals surface area contributed by atoms with E-state index >= 15 is 0 Å². The van der Waals surface area contributed by atoms with Crippen molar-refractivity contribution in [1.29, 1.82) is 0 Å². The maximum Gasteiger partial charge on any atom is 0.267 e. The van der Waals surface area contributed by atoms with Gasteiger partial charge in [-0.3, -0.25) is 9.79 Å². The molecule has 8 nitrogen and oxygen atoms in total. The van der Waals surface area contributed by atoms with Gasteiger partial charge in [0.05, 0.1) is 21.3 Å². The maximum atomic E-state index is 13.1. The number of halogens is 2. The number of aliphatic imine (C=N–C) groups is 1. The second kappa shape index (κ2) is 9.19. The van der Waals surface area contributed by atoms with Gasteiger partial charge in [0.2, 0.25) is 15.9 Å². The standard InChI is InChI=1S/C23H18Cl2N4O4S/c1-28(2)34(32,33)20-11-15(8-9-19(20)25)26-13-18-16-5-3-4-6-17(16)22(30)29(23(18)31)21-10-7-14(24)12-27-21/h3-13,31H,1-2H3. The molecule has 0 aliphatic rings. The third kappa shape index (κ3) is 4.30. The number of hydrogen-bond donors (Lipinski definition) is 1. The van der Waals surface area contributed by atoms with Gasteiger partial charge in [-0.2, -0.15) is 0 Å². The Bertz CT molecular complexity index is 1600. The van der Waals surface area contributed by atoms with E-state index in [1.165, 1.54) is 44.7 Å². The summed E-state index contributed by atoms with van der Waals surface area (Å²) >= 11 is 12.0. The molecule has 34 heavy (non-hydrogen) atoms. The molecule has 0 saturated carbocycles. The average molecular weight is 517 g/mol. The molecule has 0 saturated heterocycles. The molecule has 2 aromatic heterocycles. The highest BCUT2D eigenvalue weighted by atomic mass is 35.5. The van der Waals surface area contributed by atoms with Gasteiger partial charge >= 0.3 is 0 Å². The molecule has 1 N–H and O–H groups in total. The topological polar surface area (TPSA) is 105 Å². The first-order valence-corrected chi connectivity index (χ1v) is 12.1. The average Bonchev–Trinajstić information content (AvgIpc) is 2.81. The van der Waals surface area contributed by atoms with E-state index in [2.05, 4.69) is 9.98 Å². The highest BCUT2D eigenvalue weighted by Gasteiger charge is 2.21. The van der Waals surface area contributed by atoms with Crippen LogP contribution in [-0.4, -0.2) is 47.7 Å². The molecule has 0 spiro atoms. The van der Waals surface area contributed by atoms with E-state index in [1.807, 2.05) is 0 Å². The van der Waals surface area contributed by atoms with Crippen LogP contribution in [0.3, 0.4) is 0 Å². The van der Waals surface area contributed by atoms with Crippen LogP contribution in [0.5, 0.6) is 5.88 Å². The molecule has 2 heterocycles. The predicted octanol–water partition coefficient (Wildman–Crippen LogP) is 4.40. The van der Waals surface area contributed by atoms with Gasteiger partial charge in [-0.15, -0.1) is 0 Å². The number of fused-ring (bicyclic) bond motifs is 1. The summed E-state index contributed by atoms with van der Waals surface area (Å²) in [5.41, 5.74) is 0.0699. The monoisotopic (exact) mass is 516 g/mol. The van der Waals surface area contributed by atoms with Crippen LogP contribution in [0.1, 0.15) is 5.56 Å². The van der Waals surface area contributed by atoms with Crippen molar-refractivity contribution in [3.05, 3.63) is 86.8 Å². The van der Waals surface area contributed by atoms with Crippen molar-refractivity contribution < 1.29 is 13.5 Å². The first kappa shape index (κ1) is 23.9. The van der Waals surface area contributed by atoms with E-state index in [-0.39, 0.29) is 32.9 Å². The quantitative estimate of drug-likeness (QED) is 0.395. The van der Waals surface area contributed by atoms with Gasteiger partial charge in [0.25, 0.3) is 5.56 Å². The Morgan fingerprint density at radius 3 is 2.41 bits per heavy atom. The molecule has 0 atom stereocenters. The lowest BCUT2D eigenvalue weighted by atomic mass is 10.1. The first-order chi connectivity index (χ1) is 16.1. The number of aromatic nitrogens is 2. The number of pyridine rings is 2. The summed E-state index contributed by atoms with van der Waals surface area (Å²) < 4.78 is 27.2. The molecule has 11 heteroatoms. The lowest BCUT2D eigenvalue weighted by Gasteiger charge is -2.14. The summed E-state index contributed by atoms with van der Waals surface area (Å²) in [4.78, 5) is 21.5. The predicted molar refractivity (Wildman–Crippen MR) is 134 cm³/mol. The number of aromatic hydroxyl groups is 1. The van der Waals surface area contributed by atoms with Crippen molar-refractivity contribution in [3.63, 3.8) is 0 Å². The van der Waals surface area contributed by atoms with Crippen molar-refractivity contribution in [2.24, 2.45) is 4.99 Å². The van der Waals surface area contributed by atoms with Gasteiger partial charge in [-0.25, -0.2) is 22.3 Å². The van der Waals surface area contributed by atoms with Crippen molar-refractivity contribution in [2.45, 2.75) is 4.90 Å². The molecule has 2 aromatic carbocycles. The Morgan fingerprint density at radius 1 is 1.06 bits per heavy atom. The summed E-state index contributed by atoms with van der Waals surface area (Å²) in [6.45, 7) is 0. The minimum absolute atomic E-state index is 0.0586. The van der Waals surface area contributed by atoms with Gasteiger partial charge in [0, 0.05) is 37.3 Å². The van der Waals surface area contributed by atoms with Gasteiger partial charge < -0.3 is 5.11 Å². The van der Waals surface area contributed by atoms with Crippen LogP contribution in [0.15, 0.2) is 75.5 Å². The lowest BCUT2D eigenvalue weighted by Crippen LogP contribution is -2.22. The SMILES string of the molecule is CN(C)S(=O)(=O)c1cc(N=Cc2c(O)n(-c3ccc(Cl)cn3)c(=O)c3ccccc23)ccc1Cl. The van der Waals surface area contributed by atoms with E-state index in [0.29, 0.717) is 15.8 Å². The minimum Gasteiger partial charge on any atom is -0.494 e. The molecule has 0 aliphatic heterocycles. The molecule has 4 rings (SSSR count). The number of rotatable bonds is 5. The zero-order valence-corrected chi connectivity index (χ0v) is 20.3. The Morgan fingerprint density at radius 2 is 1.76 bits per heavy atom. The van der Waals surface area contributed by atoms with Gasteiger partial charge in [0.15, 0.2) is 0 Å². The van der Waals surface area contributed by atoms with Crippen molar-refractivity contribution >= 4 is 55.9 Å². The third-order valence-electron chi connectivity index (χ3n) is 5.06. The minimum atomic E-state index is -3.79. The second-order valence-corrected chi connectivity index (χ2v) is 10.4. The molecule has 0 amide bonds. The number of sulfonamides is 1. The molecular weight excluding hydrogens is 499 g/mol. The molecule has 0 radical (unpaired) electrons. The summed E-state index contributed by atoms with van der Waals surface area (Å²) in [5, 5.41) is 12.3. The van der Waals surface area contributed by atoms with Crippen molar-refractivity contribution in [2.75, 3.05) is 14.1 Å². The van der Waals surface area contributed by atoms with Crippen LogP contribution in [0.2, 0.25) is 10.0 Å². The zero-order valence-electron chi connectivity index (χ0n) is 18.0. The molecule has 0 unspecified atom stereocenters. The first-order valence-electron chi connectivity index (χ1n) is 9.86. The Labute approximate surface area is 205 Å². The molecule has 4 aromatic rings. The van der Waals surface area contributed by atoms with Crippen LogP contribution in [-0.2, 0) is 10.0 Å². The molecule has 0 aliphatic carbocycles. The maximum absolute atomic E-state index is 13.1. The summed E-state index contributed by atoms with van der Waals surface area (Å²) in [7, 11) is -0.989. The van der Waals surface area contributed by atoms with Crippen LogP contribution in [0.25, 0.3) is 16.6 Å². The normalized spacial score (nSPS) is 12.1. The molecule has 0 bridgehead atoms. The van der Waals surface area contributed by atoms with Crippen molar-refractivity contribution in [3.8, 4) is 11.7 Å². The lowest BCUT2D eigenvalue weighted by molar-refractivity contribution is 0.435. The number of benzene rings is 2. The Hall–Kier alpha value is -3.24.